The number of piperazine rings is 1. The van der Waals surface area contributed by atoms with E-state index in [0.717, 1.165) is 24.7 Å². The Morgan fingerprint density at radius 3 is 2.51 bits per heavy atom. The Kier molecular flexibility index (Phi) is 7.81. The first-order valence-corrected chi connectivity index (χ1v) is 11.8. The fourth-order valence-corrected chi connectivity index (χ4v) is 4.04. The number of carbonyl (C=O) groups excluding carboxylic acids is 1. The van der Waals surface area contributed by atoms with E-state index < -0.39 is 17.6 Å². The Balaban J connectivity index is 1.53. The molecule has 0 radical (unpaired) electrons. The second-order valence-electron chi connectivity index (χ2n) is 9.11. The van der Waals surface area contributed by atoms with E-state index in [1.807, 2.05) is 18.9 Å². The van der Waals surface area contributed by atoms with Crippen LogP contribution >= 0.6 is 0 Å². The number of hydrogen-bond acceptors (Lipinski definition) is 5. The Labute approximate surface area is 213 Å². The minimum absolute atomic E-state index is 0.00979. The highest BCUT2D eigenvalue weighted by Crippen LogP contribution is 2.34. The van der Waals surface area contributed by atoms with Gasteiger partial charge in [-0.2, -0.15) is 13.2 Å². The van der Waals surface area contributed by atoms with Crippen LogP contribution in [0.25, 0.3) is 0 Å². The lowest BCUT2D eigenvalue weighted by atomic mass is 10.0. The third-order valence-corrected chi connectivity index (χ3v) is 6.23. The van der Waals surface area contributed by atoms with Crippen molar-refractivity contribution in [3.8, 4) is 17.6 Å². The van der Waals surface area contributed by atoms with Crippen molar-refractivity contribution in [2.75, 3.05) is 38.5 Å². The Morgan fingerprint density at radius 1 is 1.05 bits per heavy atom. The molecule has 2 heterocycles. The summed E-state index contributed by atoms with van der Waals surface area (Å²) in [6.07, 6.45) is -1.75. The number of aromatic hydroxyl groups is 1. The number of nitrogens with one attached hydrogen (secondary N) is 1. The van der Waals surface area contributed by atoms with Gasteiger partial charge in [0.15, 0.2) is 0 Å². The minimum Gasteiger partial charge on any atom is -0.506 e. The second-order valence-corrected chi connectivity index (χ2v) is 9.11. The summed E-state index contributed by atoms with van der Waals surface area (Å²) in [7, 11) is 1.99. The zero-order valence-electron chi connectivity index (χ0n) is 20.6. The molecule has 1 saturated heterocycles. The fraction of sp³-hybridized carbons (Fsp3) is 0.286. The first-order chi connectivity index (χ1) is 17.6. The van der Waals surface area contributed by atoms with Gasteiger partial charge in [0.2, 0.25) is 0 Å². The lowest BCUT2D eigenvalue weighted by molar-refractivity contribution is -0.138. The maximum absolute atomic E-state index is 13.9. The zero-order valence-corrected chi connectivity index (χ0v) is 20.6. The maximum Gasteiger partial charge on any atom is 0.416 e. The van der Waals surface area contributed by atoms with Crippen LogP contribution in [0.3, 0.4) is 0 Å². The van der Waals surface area contributed by atoms with Crippen LogP contribution in [0.2, 0.25) is 0 Å². The second kappa shape index (κ2) is 11.0. The summed E-state index contributed by atoms with van der Waals surface area (Å²) >= 11 is 0. The molecule has 1 amide bonds. The average Bonchev–Trinajstić information content (AvgIpc) is 2.85. The summed E-state index contributed by atoms with van der Waals surface area (Å²) in [6, 6.07) is 10.3. The number of anilines is 1. The Morgan fingerprint density at radius 2 is 1.81 bits per heavy atom. The zero-order chi connectivity index (χ0) is 26.6. The monoisotopic (exact) mass is 508 g/mol. The van der Waals surface area contributed by atoms with Crippen LogP contribution in [0.15, 0.2) is 54.9 Å². The van der Waals surface area contributed by atoms with E-state index in [9.17, 15) is 23.1 Å². The molecule has 6 nitrogen and oxygen atoms in total. The van der Waals surface area contributed by atoms with Crippen molar-refractivity contribution in [3.05, 3.63) is 88.2 Å². The molecule has 3 aromatic rings. The molecule has 37 heavy (non-hydrogen) atoms. The third kappa shape index (κ3) is 6.88. The largest absolute Gasteiger partial charge is 0.506 e. The summed E-state index contributed by atoms with van der Waals surface area (Å²) in [6.45, 7) is 5.05. The number of nitrogens with zero attached hydrogens (tertiary/aromatic N) is 3. The van der Waals surface area contributed by atoms with E-state index in [4.69, 9.17) is 0 Å². The van der Waals surface area contributed by atoms with E-state index >= 15 is 0 Å². The molecule has 0 bridgehead atoms. The molecular formula is C28H27F3N4O2. The molecule has 1 fully saturated rings. The number of rotatable bonds is 4. The number of likely N-dealkylation sites (N-methyl/N-ethyl adjacent to an activating group) is 1. The lowest BCUT2D eigenvalue weighted by Crippen LogP contribution is -2.44. The first-order valence-electron chi connectivity index (χ1n) is 11.8. The number of halogens is 3. The Bertz CT molecular complexity index is 1350. The predicted octanol–water partition coefficient (Wildman–Crippen LogP) is 4.51. The van der Waals surface area contributed by atoms with Crippen LogP contribution in [-0.2, 0) is 12.7 Å². The minimum atomic E-state index is -4.55. The molecule has 0 spiro atoms. The number of hydrogen-bond donors (Lipinski definition) is 2. The summed E-state index contributed by atoms with van der Waals surface area (Å²) < 4.78 is 41.6. The van der Waals surface area contributed by atoms with Gasteiger partial charge >= 0.3 is 6.18 Å². The maximum atomic E-state index is 13.9. The van der Waals surface area contributed by atoms with Crippen LogP contribution in [0.1, 0.15) is 38.2 Å². The molecular weight excluding hydrogens is 481 g/mol. The van der Waals surface area contributed by atoms with Crippen LogP contribution in [0, 0.1) is 18.8 Å². The van der Waals surface area contributed by atoms with Gasteiger partial charge in [0, 0.05) is 61.3 Å². The molecule has 9 heteroatoms. The van der Waals surface area contributed by atoms with Gasteiger partial charge in [-0.1, -0.05) is 24.0 Å². The SMILES string of the molecule is Cc1ccc(C(=O)Nc2ccc(CN3CCN(C)CC3)c(C(F)(F)F)c2)cc1C#Cc1cncc(O)c1. The molecule has 0 atom stereocenters. The molecule has 2 N–H and O–H groups in total. The highest BCUT2D eigenvalue weighted by molar-refractivity contribution is 6.04. The summed E-state index contributed by atoms with van der Waals surface area (Å²) in [5, 5.41) is 12.1. The number of alkyl halides is 3. The summed E-state index contributed by atoms with van der Waals surface area (Å²) in [5.41, 5.74) is 1.67. The van der Waals surface area contributed by atoms with E-state index in [0.29, 0.717) is 24.2 Å². The van der Waals surface area contributed by atoms with E-state index in [1.54, 1.807) is 18.2 Å². The van der Waals surface area contributed by atoms with Gasteiger partial charge in [0.05, 0.1) is 11.8 Å². The highest BCUT2D eigenvalue weighted by Gasteiger charge is 2.34. The normalized spacial score (nSPS) is 14.6. The fourth-order valence-electron chi connectivity index (χ4n) is 4.04. The van der Waals surface area contributed by atoms with Crippen molar-refractivity contribution in [1.82, 2.24) is 14.8 Å². The van der Waals surface area contributed by atoms with Gasteiger partial charge in [-0.25, -0.2) is 0 Å². The summed E-state index contributed by atoms with van der Waals surface area (Å²) in [5.74, 6) is 5.30. The van der Waals surface area contributed by atoms with Crippen molar-refractivity contribution >= 4 is 11.6 Å². The van der Waals surface area contributed by atoms with Crippen LogP contribution in [-0.4, -0.2) is 59.0 Å². The average molecular weight is 509 g/mol. The van der Waals surface area contributed by atoms with Crippen LogP contribution in [0.5, 0.6) is 5.75 Å². The van der Waals surface area contributed by atoms with Gasteiger partial charge < -0.3 is 15.3 Å². The van der Waals surface area contributed by atoms with Gasteiger partial charge in [0.1, 0.15) is 5.75 Å². The quantitative estimate of drug-likeness (QED) is 0.508. The first kappa shape index (κ1) is 26.2. The number of amides is 1. The van der Waals surface area contributed by atoms with Crippen molar-refractivity contribution in [2.24, 2.45) is 0 Å². The van der Waals surface area contributed by atoms with Crippen molar-refractivity contribution in [3.63, 3.8) is 0 Å². The van der Waals surface area contributed by atoms with Gasteiger partial charge in [-0.3, -0.25) is 14.7 Å². The molecule has 192 valence electrons. The molecule has 0 aliphatic carbocycles. The van der Waals surface area contributed by atoms with Gasteiger partial charge in [-0.15, -0.1) is 0 Å². The smallest absolute Gasteiger partial charge is 0.416 e. The van der Waals surface area contributed by atoms with Crippen molar-refractivity contribution in [1.29, 1.82) is 0 Å². The number of aromatic nitrogens is 1. The van der Waals surface area contributed by atoms with Crippen LogP contribution < -0.4 is 5.32 Å². The predicted molar refractivity (Wildman–Crippen MR) is 135 cm³/mol. The van der Waals surface area contributed by atoms with E-state index in [2.05, 4.69) is 27.0 Å². The van der Waals surface area contributed by atoms with Gasteiger partial charge in [-0.05, 0) is 55.4 Å². The topological polar surface area (TPSA) is 68.7 Å². The lowest BCUT2D eigenvalue weighted by Gasteiger charge is -2.33. The van der Waals surface area contributed by atoms with Crippen LogP contribution in [0.4, 0.5) is 18.9 Å². The molecule has 4 rings (SSSR count). The molecule has 1 aliphatic heterocycles. The highest BCUT2D eigenvalue weighted by atomic mass is 19.4. The van der Waals surface area contributed by atoms with Crippen molar-refractivity contribution < 1.29 is 23.1 Å². The molecule has 1 aromatic heterocycles. The third-order valence-electron chi connectivity index (χ3n) is 6.23. The summed E-state index contributed by atoms with van der Waals surface area (Å²) in [4.78, 5) is 20.9. The standard InChI is InChI=1S/C28H27F3N4O2/c1-19-3-5-22(14-21(19)6-4-20-13-25(36)17-32-16-20)27(37)33-24-8-7-23(26(15-24)28(29,30)31)18-35-11-9-34(2)10-12-35/h3,5,7-8,13-17,36H,9-12,18H2,1-2H3,(H,33,37). The number of benzene rings is 2. The molecule has 0 unspecified atom stereocenters. The molecule has 1 aliphatic rings. The number of carbonyl (C=O) groups is 1. The molecule has 0 saturated carbocycles. The van der Waals surface area contributed by atoms with E-state index in [1.165, 1.54) is 30.6 Å². The van der Waals surface area contributed by atoms with Gasteiger partial charge in [0.25, 0.3) is 5.91 Å². The number of aryl methyl sites for hydroxylation is 1. The molecule has 2 aromatic carbocycles. The number of pyridine rings is 1. The Hall–Kier alpha value is -3.87. The van der Waals surface area contributed by atoms with Crippen molar-refractivity contribution in [2.45, 2.75) is 19.6 Å². The van der Waals surface area contributed by atoms with E-state index in [-0.39, 0.29) is 29.1 Å².